The number of halogens is 1. The molecule has 4 heteroatoms. The largest absolute Gasteiger partial charge is 0.301 e. The van der Waals surface area contributed by atoms with E-state index in [-0.39, 0.29) is 5.92 Å². The van der Waals surface area contributed by atoms with Crippen molar-refractivity contribution in [3.05, 3.63) is 0 Å². The highest BCUT2D eigenvalue weighted by molar-refractivity contribution is 6.15. The van der Waals surface area contributed by atoms with Gasteiger partial charge in [0, 0.05) is 25.2 Å². The third kappa shape index (κ3) is 3.76. The van der Waals surface area contributed by atoms with Gasteiger partial charge in [-0.05, 0) is 58.0 Å². The van der Waals surface area contributed by atoms with E-state index in [1.807, 2.05) is 0 Å². The molecule has 2 radical (unpaired) electrons. The van der Waals surface area contributed by atoms with E-state index in [2.05, 4.69) is 37.5 Å². The van der Waals surface area contributed by atoms with Crippen LogP contribution in [0.3, 0.4) is 0 Å². The molecule has 0 aliphatic carbocycles. The van der Waals surface area contributed by atoms with Gasteiger partial charge in [0.25, 0.3) is 0 Å². The minimum atomic E-state index is -1.49. The fourth-order valence-corrected chi connectivity index (χ4v) is 3.82. The van der Waals surface area contributed by atoms with Gasteiger partial charge in [0.2, 0.25) is 0 Å². The molecule has 0 saturated carbocycles. The minimum absolute atomic E-state index is 0.00521. The fraction of sp³-hybridized carbons (Fsp3) is 1.00. The van der Waals surface area contributed by atoms with Gasteiger partial charge in [0.1, 0.15) is 7.85 Å². The molecule has 0 N–H and O–H groups in total. The van der Waals surface area contributed by atoms with Gasteiger partial charge in [-0.3, -0.25) is 9.29 Å². The smallest absolute Gasteiger partial charge is 0.123 e. The molecule has 2 aliphatic rings. The van der Waals surface area contributed by atoms with Gasteiger partial charge in [-0.2, -0.15) is 0 Å². The summed E-state index contributed by atoms with van der Waals surface area (Å²) < 4.78 is 14.6. The normalized spacial score (nSPS) is 34.5. The Bertz CT molecular complexity index is 312. The van der Waals surface area contributed by atoms with Crippen LogP contribution in [-0.4, -0.2) is 61.5 Å². The number of piperidine rings is 1. The number of nitrogens with zero attached hydrogens (tertiary/aromatic N) is 2. The van der Waals surface area contributed by atoms with Crippen LogP contribution >= 0.6 is 0 Å². The highest BCUT2D eigenvalue weighted by Crippen LogP contribution is 2.36. The van der Waals surface area contributed by atoms with Gasteiger partial charge in [0.05, 0.1) is 5.57 Å². The Morgan fingerprint density at radius 3 is 2.30 bits per heavy atom. The standard InChI is InChI=1S/C16H30BFN2/c1-12(2)9-14-10-20(11-16(14,17)18)15-5-7-19(8-6-15)13(3)4/h12-15H,5-11H2,1-4H3. The lowest BCUT2D eigenvalue weighted by Crippen LogP contribution is -2.46. The van der Waals surface area contributed by atoms with E-state index in [4.69, 9.17) is 7.85 Å². The van der Waals surface area contributed by atoms with Crippen LogP contribution in [0.4, 0.5) is 4.39 Å². The summed E-state index contributed by atoms with van der Waals surface area (Å²) in [5.41, 5.74) is -1.49. The Hall–Kier alpha value is -0.0851. The van der Waals surface area contributed by atoms with E-state index in [9.17, 15) is 4.39 Å². The molecule has 0 bridgehead atoms. The number of alkyl halides is 1. The highest BCUT2D eigenvalue weighted by Gasteiger charge is 2.45. The first-order chi connectivity index (χ1) is 9.29. The lowest BCUT2D eigenvalue weighted by molar-refractivity contribution is 0.100. The van der Waals surface area contributed by atoms with E-state index in [1.54, 1.807) is 0 Å². The molecular weight excluding hydrogens is 250 g/mol. The van der Waals surface area contributed by atoms with Crippen molar-refractivity contribution in [3.63, 3.8) is 0 Å². The van der Waals surface area contributed by atoms with Crippen LogP contribution < -0.4 is 0 Å². The SMILES string of the molecule is [B]C1(F)CN(C2CCN(C(C)C)CC2)CC1CC(C)C. The zero-order valence-corrected chi connectivity index (χ0v) is 13.6. The van der Waals surface area contributed by atoms with E-state index < -0.39 is 5.57 Å². The van der Waals surface area contributed by atoms with Crippen LogP contribution in [0.5, 0.6) is 0 Å². The van der Waals surface area contributed by atoms with Gasteiger partial charge in [0.15, 0.2) is 0 Å². The first-order valence-corrected chi connectivity index (χ1v) is 8.25. The van der Waals surface area contributed by atoms with E-state index in [0.717, 1.165) is 38.9 Å². The van der Waals surface area contributed by atoms with Crippen molar-refractivity contribution in [3.8, 4) is 0 Å². The Morgan fingerprint density at radius 1 is 1.20 bits per heavy atom. The Kier molecular flexibility index (Phi) is 5.17. The highest BCUT2D eigenvalue weighted by atomic mass is 19.1. The van der Waals surface area contributed by atoms with E-state index in [0.29, 0.717) is 24.5 Å². The van der Waals surface area contributed by atoms with Gasteiger partial charge in [-0.25, -0.2) is 0 Å². The first-order valence-electron chi connectivity index (χ1n) is 8.25. The Morgan fingerprint density at radius 2 is 1.80 bits per heavy atom. The van der Waals surface area contributed by atoms with E-state index in [1.165, 1.54) is 0 Å². The lowest BCUT2D eigenvalue weighted by atomic mass is 9.72. The maximum Gasteiger partial charge on any atom is 0.123 e. The van der Waals surface area contributed by atoms with Crippen molar-refractivity contribution in [2.75, 3.05) is 26.2 Å². The number of hydrogen-bond acceptors (Lipinski definition) is 2. The topological polar surface area (TPSA) is 6.48 Å². The molecule has 2 atom stereocenters. The van der Waals surface area contributed by atoms with Crippen LogP contribution in [0.15, 0.2) is 0 Å². The predicted octanol–water partition coefficient (Wildman–Crippen LogP) is 2.67. The number of likely N-dealkylation sites (tertiary alicyclic amines) is 2. The fourth-order valence-electron chi connectivity index (χ4n) is 3.82. The Balaban J connectivity index is 1.89. The minimum Gasteiger partial charge on any atom is -0.301 e. The summed E-state index contributed by atoms with van der Waals surface area (Å²) in [7, 11) is 5.92. The summed E-state index contributed by atoms with van der Waals surface area (Å²) in [4.78, 5) is 4.84. The van der Waals surface area contributed by atoms with Gasteiger partial charge < -0.3 is 4.90 Å². The van der Waals surface area contributed by atoms with Crippen molar-refractivity contribution in [1.82, 2.24) is 9.80 Å². The number of hydrogen-bond donors (Lipinski definition) is 0. The molecule has 0 amide bonds. The second-order valence-electron chi connectivity index (χ2n) is 7.54. The third-order valence-electron chi connectivity index (χ3n) is 5.08. The van der Waals surface area contributed by atoms with Crippen molar-refractivity contribution in [2.24, 2.45) is 11.8 Å². The van der Waals surface area contributed by atoms with Crippen molar-refractivity contribution in [2.45, 2.75) is 64.6 Å². The molecule has 2 saturated heterocycles. The van der Waals surface area contributed by atoms with Gasteiger partial charge in [-0.15, -0.1) is 0 Å². The molecule has 2 aliphatic heterocycles. The second kappa shape index (κ2) is 6.35. The molecular formula is C16H30BFN2. The molecule has 2 nitrogen and oxygen atoms in total. The van der Waals surface area contributed by atoms with Crippen LogP contribution in [0.2, 0.25) is 0 Å². The maximum absolute atomic E-state index is 14.6. The molecule has 2 rings (SSSR count). The number of rotatable bonds is 4. The predicted molar refractivity (Wildman–Crippen MR) is 83.8 cm³/mol. The Labute approximate surface area is 125 Å². The van der Waals surface area contributed by atoms with Crippen LogP contribution in [-0.2, 0) is 0 Å². The third-order valence-corrected chi connectivity index (χ3v) is 5.08. The van der Waals surface area contributed by atoms with Crippen molar-refractivity contribution in [1.29, 1.82) is 0 Å². The molecule has 2 heterocycles. The molecule has 0 spiro atoms. The average molecular weight is 280 g/mol. The molecule has 0 aromatic rings. The summed E-state index contributed by atoms with van der Waals surface area (Å²) in [6, 6.07) is 1.15. The molecule has 2 fully saturated rings. The second-order valence-corrected chi connectivity index (χ2v) is 7.54. The van der Waals surface area contributed by atoms with E-state index >= 15 is 0 Å². The zero-order chi connectivity index (χ0) is 14.9. The van der Waals surface area contributed by atoms with Crippen molar-refractivity contribution >= 4 is 7.85 Å². The molecule has 114 valence electrons. The quantitative estimate of drug-likeness (QED) is 0.731. The van der Waals surface area contributed by atoms with Gasteiger partial charge in [-0.1, -0.05) is 13.8 Å². The van der Waals surface area contributed by atoms with Crippen LogP contribution in [0.1, 0.15) is 47.0 Å². The maximum atomic E-state index is 14.6. The van der Waals surface area contributed by atoms with Crippen LogP contribution in [0.25, 0.3) is 0 Å². The van der Waals surface area contributed by atoms with Gasteiger partial charge >= 0.3 is 0 Å². The molecule has 20 heavy (non-hydrogen) atoms. The summed E-state index contributed by atoms with van der Waals surface area (Å²) in [5, 5.41) is 0. The molecule has 0 aromatic carbocycles. The van der Waals surface area contributed by atoms with Crippen LogP contribution in [0, 0.1) is 11.8 Å². The average Bonchev–Trinajstić information content (AvgIpc) is 2.64. The summed E-state index contributed by atoms with van der Waals surface area (Å²) in [6.07, 6.45) is 3.21. The first kappa shape index (κ1) is 16.3. The monoisotopic (exact) mass is 280 g/mol. The summed E-state index contributed by atoms with van der Waals surface area (Å²) in [5.74, 6) is 0.520. The molecule has 2 unspecified atom stereocenters. The summed E-state index contributed by atoms with van der Waals surface area (Å²) in [6.45, 7) is 12.4. The lowest BCUT2D eigenvalue weighted by Gasteiger charge is -2.38. The molecule has 0 aromatic heterocycles. The summed E-state index contributed by atoms with van der Waals surface area (Å²) >= 11 is 0. The van der Waals surface area contributed by atoms with Crippen molar-refractivity contribution < 1.29 is 4.39 Å². The zero-order valence-electron chi connectivity index (χ0n) is 13.6.